The quantitative estimate of drug-likeness (QED) is 0.419. The minimum Gasteiger partial charge on any atom is -0.483 e. The summed E-state index contributed by atoms with van der Waals surface area (Å²) in [6, 6.07) is 4.21. The van der Waals surface area contributed by atoms with Gasteiger partial charge in [0.1, 0.15) is 6.61 Å². The SMILES string of the molecule is Fc1c(F)c(F)c(OCc2cc(Cl)ccc2Cl)c(F)c1F. The Hall–Kier alpha value is -1.53. The predicted octanol–water partition coefficient (Wildman–Crippen LogP) is 5.27. The molecular weight excluding hydrogens is 338 g/mol. The van der Waals surface area contributed by atoms with Crippen molar-refractivity contribution in [3.8, 4) is 5.75 Å². The van der Waals surface area contributed by atoms with E-state index in [2.05, 4.69) is 4.74 Å². The highest BCUT2D eigenvalue weighted by atomic mass is 35.5. The van der Waals surface area contributed by atoms with Gasteiger partial charge in [0, 0.05) is 15.6 Å². The highest BCUT2D eigenvalue weighted by molar-refractivity contribution is 6.33. The lowest BCUT2D eigenvalue weighted by molar-refractivity contribution is 0.253. The first-order valence-corrected chi connectivity index (χ1v) is 6.16. The zero-order valence-corrected chi connectivity index (χ0v) is 11.5. The van der Waals surface area contributed by atoms with Gasteiger partial charge in [-0.05, 0) is 18.2 Å². The Labute approximate surface area is 125 Å². The standard InChI is InChI=1S/C13H5Cl2F5O/c14-6-1-2-7(15)5(3-6)4-21-13-11(19)9(17)8(16)10(18)12(13)20/h1-3H,4H2. The molecule has 112 valence electrons. The fourth-order valence-electron chi connectivity index (χ4n) is 1.52. The minimum atomic E-state index is -2.25. The maximum absolute atomic E-state index is 13.4. The number of benzene rings is 2. The second kappa shape index (κ2) is 6.07. The first-order chi connectivity index (χ1) is 9.82. The molecule has 2 rings (SSSR count). The lowest BCUT2D eigenvalue weighted by Gasteiger charge is -2.11. The van der Waals surface area contributed by atoms with Crippen LogP contribution in [0.3, 0.4) is 0 Å². The molecule has 8 heteroatoms. The predicted molar refractivity (Wildman–Crippen MR) is 67.0 cm³/mol. The molecule has 2 aromatic rings. The monoisotopic (exact) mass is 342 g/mol. The Morgan fingerprint density at radius 2 is 1.33 bits per heavy atom. The van der Waals surface area contributed by atoms with E-state index in [4.69, 9.17) is 23.2 Å². The van der Waals surface area contributed by atoms with Gasteiger partial charge in [-0.25, -0.2) is 13.2 Å². The van der Waals surface area contributed by atoms with Crippen LogP contribution in [0.25, 0.3) is 0 Å². The molecule has 0 fully saturated rings. The van der Waals surface area contributed by atoms with Crippen LogP contribution in [0.5, 0.6) is 5.75 Å². The van der Waals surface area contributed by atoms with E-state index in [0.29, 0.717) is 0 Å². The number of ether oxygens (including phenoxy) is 1. The third-order valence-corrected chi connectivity index (χ3v) is 3.15. The van der Waals surface area contributed by atoms with Gasteiger partial charge in [0.25, 0.3) is 0 Å². The molecule has 0 aliphatic rings. The smallest absolute Gasteiger partial charge is 0.207 e. The van der Waals surface area contributed by atoms with Gasteiger partial charge in [-0.2, -0.15) is 8.78 Å². The first kappa shape index (κ1) is 15.9. The molecule has 0 bridgehead atoms. The molecule has 0 radical (unpaired) electrons. The molecule has 0 aliphatic carbocycles. The van der Waals surface area contributed by atoms with Gasteiger partial charge in [-0.3, -0.25) is 0 Å². The molecule has 0 spiro atoms. The minimum absolute atomic E-state index is 0.170. The molecule has 0 saturated carbocycles. The van der Waals surface area contributed by atoms with Crippen LogP contribution in [0, 0.1) is 29.1 Å². The van der Waals surface area contributed by atoms with Gasteiger partial charge < -0.3 is 4.74 Å². The Morgan fingerprint density at radius 1 is 0.810 bits per heavy atom. The summed E-state index contributed by atoms with van der Waals surface area (Å²) >= 11 is 11.5. The number of hydrogen-bond donors (Lipinski definition) is 0. The van der Waals surface area contributed by atoms with Crippen molar-refractivity contribution in [2.45, 2.75) is 6.61 Å². The second-order valence-electron chi connectivity index (χ2n) is 3.92. The van der Waals surface area contributed by atoms with Crippen molar-refractivity contribution in [2.75, 3.05) is 0 Å². The van der Waals surface area contributed by atoms with E-state index in [1.165, 1.54) is 18.2 Å². The van der Waals surface area contributed by atoms with Gasteiger partial charge >= 0.3 is 0 Å². The van der Waals surface area contributed by atoms with E-state index in [1.807, 2.05) is 0 Å². The van der Waals surface area contributed by atoms with Crippen LogP contribution >= 0.6 is 23.2 Å². The number of halogens is 7. The van der Waals surface area contributed by atoms with Gasteiger partial charge in [0.05, 0.1) is 0 Å². The van der Waals surface area contributed by atoms with Crippen LogP contribution in [0.1, 0.15) is 5.56 Å². The largest absolute Gasteiger partial charge is 0.483 e. The van der Waals surface area contributed by atoms with Crippen molar-refractivity contribution < 1.29 is 26.7 Å². The van der Waals surface area contributed by atoms with Crippen LogP contribution in [-0.2, 0) is 6.61 Å². The number of hydrogen-bond acceptors (Lipinski definition) is 1. The summed E-state index contributed by atoms with van der Waals surface area (Å²) in [7, 11) is 0. The fourth-order valence-corrected chi connectivity index (χ4v) is 1.88. The van der Waals surface area contributed by atoms with E-state index < -0.39 is 41.4 Å². The summed E-state index contributed by atoms with van der Waals surface area (Å²) < 4.78 is 70.3. The highest BCUT2D eigenvalue weighted by Gasteiger charge is 2.27. The Kier molecular flexibility index (Phi) is 4.58. The molecule has 1 nitrogen and oxygen atoms in total. The molecule has 0 saturated heterocycles. The van der Waals surface area contributed by atoms with Gasteiger partial charge in [-0.15, -0.1) is 0 Å². The number of rotatable bonds is 3. The zero-order chi connectivity index (χ0) is 15.7. The lowest BCUT2D eigenvalue weighted by Crippen LogP contribution is -2.07. The zero-order valence-electron chi connectivity index (χ0n) is 9.99. The van der Waals surface area contributed by atoms with Gasteiger partial charge in [0.15, 0.2) is 5.75 Å². The van der Waals surface area contributed by atoms with E-state index >= 15 is 0 Å². The highest BCUT2D eigenvalue weighted by Crippen LogP contribution is 2.30. The average molecular weight is 343 g/mol. The van der Waals surface area contributed by atoms with Crippen molar-refractivity contribution in [3.05, 3.63) is 62.9 Å². The fraction of sp³-hybridized carbons (Fsp3) is 0.0769. The average Bonchev–Trinajstić information content (AvgIpc) is 2.46. The molecule has 0 aromatic heterocycles. The van der Waals surface area contributed by atoms with Crippen molar-refractivity contribution >= 4 is 23.2 Å². The molecule has 2 aromatic carbocycles. The van der Waals surface area contributed by atoms with E-state index in [-0.39, 0.29) is 15.6 Å². The van der Waals surface area contributed by atoms with Crippen molar-refractivity contribution in [1.82, 2.24) is 0 Å². The van der Waals surface area contributed by atoms with Crippen LogP contribution in [0.2, 0.25) is 10.0 Å². The molecule has 21 heavy (non-hydrogen) atoms. The normalized spacial score (nSPS) is 10.8. The summed E-state index contributed by atoms with van der Waals surface area (Å²) in [6.45, 7) is -0.516. The Morgan fingerprint density at radius 3 is 1.90 bits per heavy atom. The molecule has 0 aliphatic heterocycles. The molecule has 0 atom stereocenters. The molecular formula is C13H5Cl2F5O. The van der Waals surface area contributed by atoms with E-state index in [0.717, 1.165) is 0 Å². The van der Waals surface area contributed by atoms with E-state index in [1.54, 1.807) is 0 Å². The molecule has 0 heterocycles. The summed E-state index contributed by atoms with van der Waals surface area (Å²) in [5, 5.41) is 0.443. The maximum Gasteiger partial charge on any atom is 0.207 e. The third kappa shape index (κ3) is 3.06. The summed E-state index contributed by atoms with van der Waals surface area (Å²) in [5.74, 6) is -11.9. The van der Waals surface area contributed by atoms with Crippen LogP contribution in [0.4, 0.5) is 22.0 Å². The van der Waals surface area contributed by atoms with E-state index in [9.17, 15) is 22.0 Å². The molecule has 0 amide bonds. The van der Waals surface area contributed by atoms with Crippen molar-refractivity contribution in [1.29, 1.82) is 0 Å². The first-order valence-electron chi connectivity index (χ1n) is 5.41. The third-order valence-electron chi connectivity index (χ3n) is 2.55. The maximum atomic E-state index is 13.4. The second-order valence-corrected chi connectivity index (χ2v) is 4.77. The van der Waals surface area contributed by atoms with Gasteiger partial charge in [-0.1, -0.05) is 23.2 Å². The summed E-state index contributed by atoms with van der Waals surface area (Å²) in [6.07, 6.45) is 0. The van der Waals surface area contributed by atoms with Crippen LogP contribution in [0.15, 0.2) is 18.2 Å². The summed E-state index contributed by atoms with van der Waals surface area (Å²) in [5.41, 5.74) is 0.230. The van der Waals surface area contributed by atoms with Crippen molar-refractivity contribution in [3.63, 3.8) is 0 Å². The molecule has 0 unspecified atom stereocenters. The van der Waals surface area contributed by atoms with Crippen LogP contribution in [-0.4, -0.2) is 0 Å². The van der Waals surface area contributed by atoms with Crippen molar-refractivity contribution in [2.24, 2.45) is 0 Å². The van der Waals surface area contributed by atoms with Gasteiger partial charge in [0.2, 0.25) is 29.1 Å². The molecule has 0 N–H and O–H groups in total. The lowest BCUT2D eigenvalue weighted by atomic mass is 10.2. The Bertz CT molecular complexity index is 676. The van der Waals surface area contributed by atoms with Crippen LogP contribution < -0.4 is 4.74 Å². The topological polar surface area (TPSA) is 9.23 Å². The Balaban J connectivity index is 2.35. The summed E-state index contributed by atoms with van der Waals surface area (Å²) in [4.78, 5) is 0.